The SMILES string of the molecule is CNCCC(=O)Nc1onc(C)c1C. The standard InChI is InChI=1S/C9H15N3O2/c1-6-7(2)12-14-9(6)11-8(13)4-5-10-3/h10H,4-5H2,1-3H3,(H,11,13). The Kier molecular flexibility index (Phi) is 3.64. The Hall–Kier alpha value is -1.36. The average Bonchev–Trinajstić information content (AvgIpc) is 2.46. The summed E-state index contributed by atoms with van der Waals surface area (Å²) in [6.45, 7) is 4.35. The Labute approximate surface area is 82.8 Å². The topological polar surface area (TPSA) is 67.2 Å². The number of aryl methyl sites for hydroxylation is 1. The molecule has 1 heterocycles. The molecule has 0 radical (unpaired) electrons. The van der Waals surface area contributed by atoms with Crippen LogP contribution in [0.1, 0.15) is 17.7 Å². The molecule has 1 rings (SSSR count). The first-order chi connectivity index (χ1) is 6.65. The highest BCUT2D eigenvalue weighted by atomic mass is 16.5. The van der Waals surface area contributed by atoms with Crippen LogP contribution >= 0.6 is 0 Å². The minimum absolute atomic E-state index is 0.0707. The Balaban J connectivity index is 2.52. The zero-order valence-corrected chi connectivity index (χ0v) is 8.68. The average molecular weight is 197 g/mol. The van der Waals surface area contributed by atoms with Crippen LogP contribution in [0.4, 0.5) is 5.88 Å². The van der Waals surface area contributed by atoms with Gasteiger partial charge in [0, 0.05) is 18.5 Å². The van der Waals surface area contributed by atoms with Gasteiger partial charge < -0.3 is 9.84 Å². The van der Waals surface area contributed by atoms with Crippen LogP contribution in [0.5, 0.6) is 0 Å². The van der Waals surface area contributed by atoms with E-state index in [1.807, 2.05) is 13.8 Å². The maximum atomic E-state index is 11.3. The van der Waals surface area contributed by atoms with Crippen LogP contribution < -0.4 is 10.6 Å². The highest BCUT2D eigenvalue weighted by molar-refractivity contribution is 5.90. The number of nitrogens with one attached hydrogen (secondary N) is 2. The maximum Gasteiger partial charge on any atom is 0.234 e. The van der Waals surface area contributed by atoms with Crippen molar-refractivity contribution in [3.8, 4) is 0 Å². The number of carbonyl (C=O) groups excluding carboxylic acids is 1. The first-order valence-electron chi connectivity index (χ1n) is 4.52. The first kappa shape index (κ1) is 10.7. The number of hydrogen-bond donors (Lipinski definition) is 2. The van der Waals surface area contributed by atoms with E-state index in [9.17, 15) is 4.79 Å². The molecule has 2 N–H and O–H groups in total. The molecule has 0 aliphatic heterocycles. The number of carbonyl (C=O) groups is 1. The highest BCUT2D eigenvalue weighted by Crippen LogP contribution is 2.17. The van der Waals surface area contributed by atoms with Crippen LogP contribution in [0.15, 0.2) is 4.52 Å². The molecule has 5 heteroatoms. The Morgan fingerprint density at radius 1 is 1.50 bits per heavy atom. The van der Waals surface area contributed by atoms with Crippen LogP contribution in [-0.4, -0.2) is 24.7 Å². The van der Waals surface area contributed by atoms with Gasteiger partial charge in [0.05, 0.1) is 5.69 Å². The largest absolute Gasteiger partial charge is 0.338 e. The molecule has 1 amide bonds. The van der Waals surface area contributed by atoms with Crippen LogP contribution in [0.3, 0.4) is 0 Å². The van der Waals surface area contributed by atoms with Gasteiger partial charge in [0.2, 0.25) is 11.8 Å². The molecule has 78 valence electrons. The van der Waals surface area contributed by atoms with E-state index in [-0.39, 0.29) is 5.91 Å². The molecule has 1 aromatic rings. The number of rotatable bonds is 4. The smallest absolute Gasteiger partial charge is 0.234 e. The normalized spacial score (nSPS) is 10.2. The van der Waals surface area contributed by atoms with Crippen molar-refractivity contribution in [2.75, 3.05) is 18.9 Å². The van der Waals surface area contributed by atoms with Gasteiger partial charge in [-0.3, -0.25) is 10.1 Å². The fourth-order valence-corrected chi connectivity index (χ4v) is 0.960. The molecule has 14 heavy (non-hydrogen) atoms. The molecule has 0 aliphatic rings. The zero-order valence-electron chi connectivity index (χ0n) is 8.68. The van der Waals surface area contributed by atoms with E-state index in [1.165, 1.54) is 0 Å². The van der Waals surface area contributed by atoms with Gasteiger partial charge in [-0.25, -0.2) is 0 Å². The van der Waals surface area contributed by atoms with Crippen LogP contribution in [0.25, 0.3) is 0 Å². The molecule has 0 bridgehead atoms. The zero-order chi connectivity index (χ0) is 10.6. The predicted molar refractivity (Wildman–Crippen MR) is 53.2 cm³/mol. The second-order valence-corrected chi connectivity index (χ2v) is 3.12. The maximum absolute atomic E-state index is 11.3. The van der Waals surface area contributed by atoms with Crippen molar-refractivity contribution in [2.45, 2.75) is 20.3 Å². The fourth-order valence-electron chi connectivity index (χ4n) is 0.960. The Morgan fingerprint density at radius 3 is 2.71 bits per heavy atom. The number of amides is 1. The number of anilines is 1. The lowest BCUT2D eigenvalue weighted by atomic mass is 10.3. The van der Waals surface area contributed by atoms with Crippen LogP contribution in [0.2, 0.25) is 0 Å². The van der Waals surface area contributed by atoms with E-state index in [1.54, 1.807) is 7.05 Å². The van der Waals surface area contributed by atoms with E-state index >= 15 is 0 Å². The van der Waals surface area contributed by atoms with Crippen molar-refractivity contribution >= 4 is 11.8 Å². The van der Waals surface area contributed by atoms with Crippen molar-refractivity contribution in [1.82, 2.24) is 10.5 Å². The van der Waals surface area contributed by atoms with Gasteiger partial charge in [-0.05, 0) is 20.9 Å². The van der Waals surface area contributed by atoms with Crippen LogP contribution in [0, 0.1) is 13.8 Å². The summed E-state index contributed by atoms with van der Waals surface area (Å²) in [6.07, 6.45) is 0.426. The van der Waals surface area contributed by atoms with Gasteiger partial charge in [0.1, 0.15) is 0 Å². The summed E-state index contributed by atoms with van der Waals surface area (Å²) in [5.74, 6) is 0.377. The monoisotopic (exact) mass is 197 g/mol. The quantitative estimate of drug-likeness (QED) is 0.750. The third kappa shape index (κ3) is 2.56. The minimum Gasteiger partial charge on any atom is -0.338 e. The molecule has 5 nitrogen and oxygen atoms in total. The summed E-state index contributed by atoms with van der Waals surface area (Å²) < 4.78 is 4.94. The van der Waals surface area contributed by atoms with Gasteiger partial charge in [-0.15, -0.1) is 0 Å². The third-order valence-electron chi connectivity index (χ3n) is 2.01. The molecule has 0 aromatic carbocycles. The van der Waals surface area contributed by atoms with Gasteiger partial charge in [-0.2, -0.15) is 0 Å². The molecule has 0 fully saturated rings. The number of aromatic nitrogens is 1. The van der Waals surface area contributed by atoms with E-state index in [4.69, 9.17) is 4.52 Å². The second-order valence-electron chi connectivity index (χ2n) is 3.12. The number of nitrogens with zero attached hydrogens (tertiary/aromatic N) is 1. The summed E-state index contributed by atoms with van der Waals surface area (Å²) in [4.78, 5) is 11.3. The molecule has 0 saturated carbocycles. The minimum atomic E-state index is -0.0707. The fraction of sp³-hybridized carbons (Fsp3) is 0.556. The predicted octanol–water partition coefficient (Wildman–Crippen LogP) is 0.839. The lowest BCUT2D eigenvalue weighted by Gasteiger charge is -2.01. The molecule has 0 atom stereocenters. The lowest BCUT2D eigenvalue weighted by molar-refractivity contribution is -0.116. The van der Waals surface area contributed by atoms with Gasteiger partial charge in [0.15, 0.2) is 0 Å². The summed E-state index contributed by atoms with van der Waals surface area (Å²) in [5, 5.41) is 9.30. The third-order valence-corrected chi connectivity index (χ3v) is 2.01. The van der Waals surface area contributed by atoms with Crippen molar-refractivity contribution in [3.63, 3.8) is 0 Å². The van der Waals surface area contributed by atoms with Gasteiger partial charge in [-0.1, -0.05) is 5.16 Å². The lowest BCUT2D eigenvalue weighted by Crippen LogP contribution is -2.18. The van der Waals surface area contributed by atoms with E-state index in [0.29, 0.717) is 18.8 Å². The molecular formula is C9H15N3O2. The first-order valence-corrected chi connectivity index (χ1v) is 4.52. The van der Waals surface area contributed by atoms with Crippen molar-refractivity contribution in [3.05, 3.63) is 11.3 Å². The molecule has 0 spiro atoms. The molecule has 0 saturated heterocycles. The Morgan fingerprint density at radius 2 is 2.21 bits per heavy atom. The van der Waals surface area contributed by atoms with Crippen molar-refractivity contribution in [2.24, 2.45) is 0 Å². The van der Waals surface area contributed by atoms with Gasteiger partial charge >= 0.3 is 0 Å². The van der Waals surface area contributed by atoms with E-state index in [2.05, 4.69) is 15.8 Å². The van der Waals surface area contributed by atoms with Gasteiger partial charge in [0.25, 0.3) is 0 Å². The molecule has 1 aromatic heterocycles. The van der Waals surface area contributed by atoms with E-state index in [0.717, 1.165) is 11.3 Å². The highest BCUT2D eigenvalue weighted by Gasteiger charge is 2.10. The Bertz CT molecular complexity index is 320. The summed E-state index contributed by atoms with van der Waals surface area (Å²) in [6, 6.07) is 0. The molecular weight excluding hydrogens is 182 g/mol. The van der Waals surface area contributed by atoms with Crippen molar-refractivity contribution < 1.29 is 9.32 Å². The van der Waals surface area contributed by atoms with Crippen LogP contribution in [-0.2, 0) is 4.79 Å². The summed E-state index contributed by atoms with van der Waals surface area (Å²) >= 11 is 0. The second kappa shape index (κ2) is 4.76. The summed E-state index contributed by atoms with van der Waals surface area (Å²) in [5.41, 5.74) is 1.68. The number of hydrogen-bond acceptors (Lipinski definition) is 4. The van der Waals surface area contributed by atoms with Crippen molar-refractivity contribution in [1.29, 1.82) is 0 Å². The molecule has 0 aliphatic carbocycles. The van der Waals surface area contributed by atoms with E-state index < -0.39 is 0 Å². The summed E-state index contributed by atoms with van der Waals surface area (Å²) in [7, 11) is 1.80. The molecule has 0 unspecified atom stereocenters.